The van der Waals surface area contributed by atoms with Crippen molar-refractivity contribution in [2.24, 2.45) is 0 Å². The van der Waals surface area contributed by atoms with Crippen molar-refractivity contribution in [3.05, 3.63) is 54.3 Å². The largest absolute Gasteiger partial charge is 0.218 e. The fourth-order valence-electron chi connectivity index (χ4n) is 1.49. The maximum atomic E-state index is 12.7. The quantitative estimate of drug-likeness (QED) is 0.506. The summed E-state index contributed by atoms with van der Waals surface area (Å²) in [6.45, 7) is 0. The van der Waals surface area contributed by atoms with E-state index < -0.39 is 9.84 Å². The number of halogens is 4. The van der Waals surface area contributed by atoms with E-state index in [9.17, 15) is 8.42 Å². The molecule has 0 saturated carbocycles. The summed E-state index contributed by atoms with van der Waals surface area (Å²) in [5, 5.41) is 0. The van der Waals surface area contributed by atoms with E-state index in [0.717, 1.165) is 0 Å². The molecule has 0 aliphatic carbocycles. The summed E-state index contributed by atoms with van der Waals surface area (Å²) in [6.07, 6.45) is 0. The number of sulfone groups is 1. The van der Waals surface area contributed by atoms with E-state index in [1.54, 1.807) is 36.4 Å². The predicted molar refractivity (Wildman–Crippen MR) is 89.1 cm³/mol. The second-order valence-electron chi connectivity index (χ2n) is 3.63. The summed E-state index contributed by atoms with van der Waals surface area (Å²) in [7, 11) is -3.60. The Kier molecular flexibility index (Phi) is 4.93. The van der Waals surface area contributed by atoms with Crippen molar-refractivity contribution in [3.63, 3.8) is 0 Å². The van der Waals surface area contributed by atoms with Crippen LogP contribution in [0.15, 0.2) is 64.1 Å². The van der Waals surface area contributed by atoms with Crippen LogP contribution in [0.4, 0.5) is 0 Å². The SMILES string of the molecule is O=S(=O)(c1cc(Br)ccc1Br)c1cccc(Br)c1Br. The minimum Gasteiger partial charge on any atom is -0.218 e. The molecule has 0 saturated heterocycles. The molecule has 0 unspecified atom stereocenters. The molecule has 0 radical (unpaired) electrons. The zero-order valence-electron chi connectivity index (χ0n) is 9.20. The molecular weight excluding hydrogens is 528 g/mol. The Morgan fingerprint density at radius 2 is 1.47 bits per heavy atom. The third-order valence-electron chi connectivity index (χ3n) is 2.39. The van der Waals surface area contributed by atoms with Gasteiger partial charge >= 0.3 is 0 Å². The molecule has 0 aliphatic rings. The van der Waals surface area contributed by atoms with Crippen molar-refractivity contribution in [2.45, 2.75) is 9.79 Å². The second-order valence-corrected chi connectivity index (χ2v) is 8.93. The van der Waals surface area contributed by atoms with Gasteiger partial charge < -0.3 is 0 Å². The molecule has 7 heteroatoms. The van der Waals surface area contributed by atoms with Crippen molar-refractivity contribution in [1.29, 1.82) is 0 Å². The van der Waals surface area contributed by atoms with Gasteiger partial charge in [-0.05, 0) is 78.1 Å². The fraction of sp³-hybridized carbons (Fsp3) is 0. The first-order chi connectivity index (χ1) is 8.84. The Morgan fingerprint density at radius 3 is 2.16 bits per heavy atom. The van der Waals surface area contributed by atoms with Crippen LogP contribution in [0.3, 0.4) is 0 Å². The molecule has 2 aromatic rings. The molecule has 0 N–H and O–H groups in total. The van der Waals surface area contributed by atoms with Gasteiger partial charge in [-0.2, -0.15) is 0 Å². The summed E-state index contributed by atoms with van der Waals surface area (Å²) < 4.78 is 27.8. The molecular formula is C12H6Br4O2S. The topological polar surface area (TPSA) is 34.1 Å². The highest BCUT2D eigenvalue weighted by molar-refractivity contribution is 9.13. The molecule has 2 nitrogen and oxygen atoms in total. The molecule has 0 aromatic heterocycles. The zero-order chi connectivity index (χ0) is 14.2. The van der Waals surface area contributed by atoms with Crippen LogP contribution in [0.5, 0.6) is 0 Å². The van der Waals surface area contributed by atoms with Crippen molar-refractivity contribution in [2.75, 3.05) is 0 Å². The van der Waals surface area contributed by atoms with Gasteiger partial charge in [0.2, 0.25) is 9.84 Å². The summed E-state index contributed by atoms with van der Waals surface area (Å²) in [5.41, 5.74) is 0. The highest BCUT2D eigenvalue weighted by atomic mass is 79.9. The van der Waals surface area contributed by atoms with E-state index in [1.165, 1.54) is 0 Å². The average molecular weight is 534 g/mol. The molecule has 0 atom stereocenters. The van der Waals surface area contributed by atoms with Crippen LogP contribution in [-0.4, -0.2) is 8.42 Å². The third-order valence-corrected chi connectivity index (χ3v) is 7.98. The molecule has 0 heterocycles. The first-order valence-corrected chi connectivity index (χ1v) is 9.63. The van der Waals surface area contributed by atoms with Crippen molar-refractivity contribution < 1.29 is 8.42 Å². The van der Waals surface area contributed by atoms with Gasteiger partial charge in [-0.25, -0.2) is 8.42 Å². The smallest absolute Gasteiger partial charge is 0.208 e. The van der Waals surface area contributed by atoms with Crippen LogP contribution in [-0.2, 0) is 9.84 Å². The van der Waals surface area contributed by atoms with E-state index in [-0.39, 0.29) is 9.79 Å². The van der Waals surface area contributed by atoms with E-state index in [1.807, 2.05) is 0 Å². The Morgan fingerprint density at radius 1 is 0.789 bits per heavy atom. The zero-order valence-corrected chi connectivity index (χ0v) is 16.4. The van der Waals surface area contributed by atoms with Gasteiger partial charge in [-0.1, -0.05) is 22.0 Å². The maximum absolute atomic E-state index is 12.7. The van der Waals surface area contributed by atoms with E-state index in [2.05, 4.69) is 63.7 Å². The summed E-state index contributed by atoms with van der Waals surface area (Å²) in [6, 6.07) is 10.1. The predicted octanol–water partition coefficient (Wildman–Crippen LogP) is 5.57. The number of benzene rings is 2. The minimum atomic E-state index is -3.60. The van der Waals surface area contributed by atoms with E-state index in [0.29, 0.717) is 17.9 Å². The Bertz CT molecular complexity index is 733. The molecule has 100 valence electrons. The monoisotopic (exact) mass is 530 g/mol. The van der Waals surface area contributed by atoms with Crippen molar-refractivity contribution in [3.8, 4) is 0 Å². The molecule has 19 heavy (non-hydrogen) atoms. The lowest BCUT2D eigenvalue weighted by atomic mass is 10.4. The lowest BCUT2D eigenvalue weighted by Crippen LogP contribution is -2.04. The van der Waals surface area contributed by atoms with Crippen molar-refractivity contribution in [1.82, 2.24) is 0 Å². The Balaban J connectivity index is 2.73. The van der Waals surface area contributed by atoms with E-state index >= 15 is 0 Å². The third kappa shape index (κ3) is 3.15. The fourth-order valence-corrected chi connectivity index (χ4v) is 5.74. The molecule has 0 bridgehead atoms. The summed E-state index contributed by atoms with van der Waals surface area (Å²) >= 11 is 13.2. The molecule has 2 rings (SSSR count). The van der Waals surface area contributed by atoms with Gasteiger partial charge in [0.15, 0.2) is 0 Å². The van der Waals surface area contributed by atoms with Crippen LogP contribution in [0.2, 0.25) is 0 Å². The van der Waals surface area contributed by atoms with Gasteiger partial charge in [-0.3, -0.25) is 0 Å². The highest BCUT2D eigenvalue weighted by Crippen LogP contribution is 2.36. The van der Waals surface area contributed by atoms with Gasteiger partial charge in [0.25, 0.3) is 0 Å². The number of hydrogen-bond donors (Lipinski definition) is 0. The molecule has 2 aromatic carbocycles. The lowest BCUT2D eigenvalue weighted by Gasteiger charge is -2.10. The molecule has 0 spiro atoms. The van der Waals surface area contributed by atoms with Gasteiger partial charge in [0.1, 0.15) is 0 Å². The normalized spacial score (nSPS) is 11.6. The standard InChI is InChI=1S/C12H6Br4O2S/c13-7-4-5-8(14)11(6-7)19(17,18)10-3-1-2-9(15)12(10)16/h1-6H. The molecule has 0 fully saturated rings. The lowest BCUT2D eigenvalue weighted by molar-refractivity contribution is 0.595. The molecule has 0 amide bonds. The first-order valence-electron chi connectivity index (χ1n) is 4.98. The van der Waals surface area contributed by atoms with Gasteiger partial charge in [0.05, 0.1) is 14.3 Å². The van der Waals surface area contributed by atoms with Gasteiger partial charge in [-0.15, -0.1) is 0 Å². The van der Waals surface area contributed by atoms with Crippen molar-refractivity contribution >= 4 is 73.6 Å². The number of rotatable bonds is 2. The Hall–Kier alpha value is 0.310. The second kappa shape index (κ2) is 5.97. The number of hydrogen-bond acceptors (Lipinski definition) is 2. The highest BCUT2D eigenvalue weighted by Gasteiger charge is 2.24. The molecule has 0 aliphatic heterocycles. The minimum absolute atomic E-state index is 0.223. The van der Waals surface area contributed by atoms with Crippen LogP contribution in [0.1, 0.15) is 0 Å². The maximum Gasteiger partial charge on any atom is 0.208 e. The summed E-state index contributed by atoms with van der Waals surface area (Å²) in [5.74, 6) is 0. The van der Waals surface area contributed by atoms with Crippen LogP contribution in [0.25, 0.3) is 0 Å². The summed E-state index contributed by atoms with van der Waals surface area (Å²) in [4.78, 5) is 0.446. The average Bonchev–Trinajstić information content (AvgIpc) is 2.35. The van der Waals surface area contributed by atoms with E-state index in [4.69, 9.17) is 0 Å². The Labute approximate surface area is 145 Å². The van der Waals surface area contributed by atoms with Crippen LogP contribution >= 0.6 is 63.7 Å². The van der Waals surface area contributed by atoms with Gasteiger partial charge in [0, 0.05) is 13.4 Å². The van der Waals surface area contributed by atoms with Crippen LogP contribution < -0.4 is 0 Å². The first kappa shape index (κ1) is 15.7. The van der Waals surface area contributed by atoms with Crippen LogP contribution in [0, 0.1) is 0 Å².